The van der Waals surface area contributed by atoms with Crippen LogP contribution in [0.4, 0.5) is 123 Å². The predicted octanol–water partition coefficient (Wildman–Crippen LogP) is 11.6. The Morgan fingerprint density at radius 1 is 0.129 bits per heavy atom. The van der Waals surface area contributed by atoms with Gasteiger partial charge in [-0.05, 0) is 21.5 Å². The van der Waals surface area contributed by atoms with E-state index in [1.807, 2.05) is 0 Å². The van der Waals surface area contributed by atoms with Gasteiger partial charge in [0.15, 0.2) is 140 Å². The van der Waals surface area contributed by atoms with E-state index in [1.54, 1.807) is 0 Å². The van der Waals surface area contributed by atoms with Crippen molar-refractivity contribution in [2.75, 3.05) is 0 Å². The Balaban J connectivity index is 0.00000722. The molecule has 8 rings (SSSR count). The first-order valence-corrected chi connectivity index (χ1v) is 17.4. The van der Waals surface area contributed by atoms with Crippen LogP contribution in [0, 0.1) is 163 Å². The van der Waals surface area contributed by atoms with E-state index in [9.17, 15) is 17.6 Å². The normalized spacial score (nSPS) is 12.2. The van der Waals surface area contributed by atoms with Gasteiger partial charge in [-0.15, -0.1) is 21.9 Å². The fourth-order valence-electron chi connectivity index (χ4n) is 8.59. The Bertz CT molecular complexity index is 3260. The zero-order chi connectivity index (χ0) is 51.6. The van der Waals surface area contributed by atoms with Crippen molar-refractivity contribution in [1.82, 2.24) is 0 Å². The molecule has 0 bridgehead atoms. The summed E-state index contributed by atoms with van der Waals surface area (Å²) in [7, 11) is 0. The SMILES string of the molecule is Fc1c(F)c(F)c2c([B-](c3c(F)c(F)c(F)c4c(F)c(F)c(F)c(F)c34)(c3c(F)c(F)c(F)c4c(F)c(F)c(F)c(F)c34)c3c(F)c(F)c(F)c4c(F)c(F)c(F)c(F)c34)c(F)c(F)c(F)c2c1F.[Ag+]. The summed E-state index contributed by atoms with van der Waals surface area (Å²) in [5.41, 5.74) is -15.5. The van der Waals surface area contributed by atoms with Crippen molar-refractivity contribution in [3.05, 3.63) is 163 Å². The molecule has 0 nitrogen and oxygen atoms in total. The van der Waals surface area contributed by atoms with Crippen LogP contribution in [0.5, 0.6) is 0 Å². The minimum atomic E-state index is -8.05. The van der Waals surface area contributed by atoms with Gasteiger partial charge in [-0.25, -0.2) is 123 Å². The molecule has 0 saturated heterocycles. The maximum absolute atomic E-state index is 17.3. The van der Waals surface area contributed by atoms with Crippen LogP contribution < -0.4 is 21.9 Å². The van der Waals surface area contributed by atoms with E-state index in [4.69, 9.17) is 0 Å². The average Bonchev–Trinajstić information content (AvgIpc) is 3.31. The number of hydrogen-bond acceptors (Lipinski definition) is 0. The molecule has 0 amide bonds. The predicted molar refractivity (Wildman–Crippen MR) is 179 cm³/mol. The molecule has 0 fully saturated rings. The fourth-order valence-corrected chi connectivity index (χ4v) is 8.59. The van der Waals surface area contributed by atoms with Gasteiger partial charge in [0.2, 0.25) is 0 Å². The van der Waals surface area contributed by atoms with Crippen molar-refractivity contribution in [3.8, 4) is 0 Å². The molecule has 370 valence electrons. The zero-order valence-electron chi connectivity index (χ0n) is 31.5. The van der Waals surface area contributed by atoms with Crippen LogP contribution in [-0.4, -0.2) is 6.15 Å². The van der Waals surface area contributed by atoms with Crippen molar-refractivity contribution in [2.24, 2.45) is 0 Å². The van der Waals surface area contributed by atoms with E-state index >= 15 is 105 Å². The van der Waals surface area contributed by atoms with Crippen LogP contribution in [0.2, 0.25) is 0 Å². The molecule has 8 aromatic rings. The molecule has 0 unspecified atom stereocenters. The number of hydrogen-bond donors (Lipinski definition) is 0. The molecular weight excluding hydrogens is 1130 g/mol. The van der Waals surface area contributed by atoms with Gasteiger partial charge < -0.3 is 0 Å². The number of fused-ring (bicyclic) bond motifs is 4. The van der Waals surface area contributed by atoms with Crippen molar-refractivity contribution >= 4 is 71.1 Å². The Morgan fingerprint density at radius 2 is 0.229 bits per heavy atom. The Kier molecular flexibility index (Phi) is 12.2. The Hall–Kier alpha value is -6.35. The van der Waals surface area contributed by atoms with Gasteiger partial charge in [-0.2, -0.15) is 0 Å². The number of halogens is 28. The van der Waals surface area contributed by atoms with E-state index in [1.165, 1.54) is 0 Å². The van der Waals surface area contributed by atoms with E-state index in [0.29, 0.717) is 0 Å². The van der Waals surface area contributed by atoms with Crippen molar-refractivity contribution in [2.45, 2.75) is 0 Å². The minimum absolute atomic E-state index is 0. The van der Waals surface area contributed by atoms with Gasteiger partial charge in [0.1, 0.15) is 29.4 Å². The molecule has 0 aromatic heterocycles. The first-order chi connectivity index (χ1) is 32.0. The maximum Gasteiger partial charge on any atom is 1.00 e. The van der Waals surface area contributed by atoms with Crippen LogP contribution in [0.15, 0.2) is 0 Å². The summed E-state index contributed by atoms with van der Waals surface area (Å²) >= 11 is 0. The van der Waals surface area contributed by atoms with Crippen LogP contribution >= 0.6 is 0 Å². The number of benzene rings is 8. The summed E-state index contributed by atoms with van der Waals surface area (Å²) in [6, 6.07) is 0. The van der Waals surface area contributed by atoms with Crippen LogP contribution in [0.1, 0.15) is 0 Å². The van der Waals surface area contributed by atoms with Crippen molar-refractivity contribution < 1.29 is 145 Å². The topological polar surface area (TPSA) is 0 Å². The monoisotopic (exact) mass is 1130 g/mol. The molecule has 0 saturated carbocycles. The first-order valence-electron chi connectivity index (χ1n) is 17.4. The Morgan fingerprint density at radius 3 is 0.357 bits per heavy atom. The summed E-state index contributed by atoms with van der Waals surface area (Å²) in [4.78, 5) is 0. The van der Waals surface area contributed by atoms with Gasteiger partial charge >= 0.3 is 22.4 Å². The molecule has 0 aliphatic heterocycles. The molecule has 0 heterocycles. The second-order valence-electron chi connectivity index (χ2n) is 14.3. The smallest absolute Gasteiger partial charge is 0.207 e. The third kappa shape index (κ3) is 6.05. The fraction of sp³-hybridized carbons (Fsp3) is 0. The first kappa shape index (κ1) is 51.5. The molecule has 30 heteroatoms. The van der Waals surface area contributed by atoms with E-state index < -0.39 is 234 Å². The molecule has 0 aliphatic rings. The second kappa shape index (κ2) is 16.6. The standard InChI is InChI=1S/C40BF28.Ag/c42-13-1-5(21(50)37(66)33(13)62)17(46)29(58)25(54)9(1)41(10-2-6(18(47)30(59)26(10)55)22(51)38(67)34(63)14(2)43,11-3-7(19(48)31(60)27(11)56)23(52)39(68)35(64)15(3)44)12-4-8(20(49)32(61)28(12)57)24(53)40(69)36(65)16(4)45;/q-1;+1. The van der Waals surface area contributed by atoms with Gasteiger partial charge in [0.25, 0.3) is 0 Å². The Labute approximate surface area is 378 Å². The molecule has 0 spiro atoms. The summed E-state index contributed by atoms with van der Waals surface area (Å²) < 4.78 is 446. The van der Waals surface area contributed by atoms with Gasteiger partial charge in [0.05, 0.1) is 21.5 Å². The van der Waals surface area contributed by atoms with E-state index in [2.05, 4.69) is 0 Å². The van der Waals surface area contributed by atoms with E-state index in [0.717, 1.165) is 0 Å². The van der Waals surface area contributed by atoms with Gasteiger partial charge in [-0.3, -0.25) is 0 Å². The molecule has 8 aromatic carbocycles. The molecular formula is C40AgBF28. The van der Waals surface area contributed by atoms with Crippen molar-refractivity contribution in [3.63, 3.8) is 0 Å². The molecule has 70 heavy (non-hydrogen) atoms. The minimum Gasteiger partial charge on any atom is -0.207 e. The van der Waals surface area contributed by atoms with Gasteiger partial charge in [0, 0.05) is 0 Å². The second-order valence-corrected chi connectivity index (χ2v) is 14.3. The number of rotatable bonds is 4. The third-order valence-electron chi connectivity index (χ3n) is 11.2. The summed E-state index contributed by atoms with van der Waals surface area (Å²) in [6.07, 6.45) is -8.05. The quantitative estimate of drug-likeness (QED) is 0.0713. The molecule has 0 radical (unpaired) electrons. The molecule has 0 atom stereocenters. The molecule has 0 aliphatic carbocycles. The summed E-state index contributed by atoms with van der Waals surface area (Å²) in [6.45, 7) is 0. The zero-order valence-corrected chi connectivity index (χ0v) is 32.9. The summed E-state index contributed by atoms with van der Waals surface area (Å²) in [5.74, 6) is -104. The third-order valence-corrected chi connectivity index (χ3v) is 11.2. The average molecular weight is 1130 g/mol. The molecule has 0 N–H and O–H groups in total. The van der Waals surface area contributed by atoms with Crippen LogP contribution in [0.3, 0.4) is 0 Å². The van der Waals surface area contributed by atoms with Gasteiger partial charge in [-0.1, -0.05) is 0 Å². The van der Waals surface area contributed by atoms with Crippen LogP contribution in [-0.2, 0) is 22.4 Å². The largest absolute Gasteiger partial charge is 1.00 e. The van der Waals surface area contributed by atoms with Crippen molar-refractivity contribution in [1.29, 1.82) is 0 Å². The van der Waals surface area contributed by atoms with E-state index in [-0.39, 0.29) is 22.4 Å². The van der Waals surface area contributed by atoms with Crippen LogP contribution in [0.25, 0.3) is 43.1 Å². The maximum atomic E-state index is 17.3. The summed E-state index contributed by atoms with van der Waals surface area (Å²) in [5, 5.41) is -27.0.